The van der Waals surface area contributed by atoms with Crippen LogP contribution in [-0.4, -0.2) is 30.5 Å². The van der Waals surface area contributed by atoms with Crippen molar-refractivity contribution in [3.63, 3.8) is 0 Å². The first-order valence-electron chi connectivity index (χ1n) is 8.42. The van der Waals surface area contributed by atoms with Gasteiger partial charge in [-0.15, -0.1) is 0 Å². The molecule has 0 radical (unpaired) electrons. The maximum Gasteiger partial charge on any atom is 1.00 e. The molecular weight excluding hydrogens is 269 g/mol. The van der Waals surface area contributed by atoms with Gasteiger partial charge in [-0.3, -0.25) is 4.90 Å². The van der Waals surface area contributed by atoms with Gasteiger partial charge in [-0.2, -0.15) is 0 Å². The summed E-state index contributed by atoms with van der Waals surface area (Å²) >= 11 is 0. The Labute approximate surface area is 149 Å². The number of carbonyl (C=O) groups is 1. The second kappa shape index (κ2) is 18.6. The van der Waals surface area contributed by atoms with Gasteiger partial charge in [-0.1, -0.05) is 63.8 Å². The molecule has 4 heteroatoms. The summed E-state index contributed by atoms with van der Waals surface area (Å²) in [6.45, 7) is 5.98. The normalized spacial score (nSPS) is 11.4. The Hall–Kier alpha value is -0.493. The average Bonchev–Trinajstić information content (AvgIpc) is 2.45. The summed E-state index contributed by atoms with van der Waals surface area (Å²) in [7, 11) is 0. The van der Waals surface area contributed by atoms with E-state index in [9.17, 15) is 9.90 Å². The molecule has 0 saturated carbocycles. The van der Waals surface area contributed by atoms with E-state index in [0.717, 1.165) is 38.8 Å². The minimum absolute atomic E-state index is 0. The van der Waals surface area contributed by atoms with E-state index < -0.39 is 5.97 Å². The van der Waals surface area contributed by atoms with Gasteiger partial charge in [-0.25, -0.2) is 0 Å². The summed E-state index contributed by atoms with van der Waals surface area (Å²) in [6.07, 6.45) is 17.7. The molecule has 3 nitrogen and oxygen atoms in total. The number of unbranched alkanes of at least 4 members (excludes halogenated alkanes) is 4. The molecule has 0 bridgehead atoms. The van der Waals surface area contributed by atoms with Gasteiger partial charge >= 0.3 is 18.9 Å². The summed E-state index contributed by atoms with van der Waals surface area (Å²) in [5, 5.41) is 10.8. The molecule has 0 aliphatic carbocycles. The number of carbonyl (C=O) groups excluding carboxylic acids is 1. The summed E-state index contributed by atoms with van der Waals surface area (Å²) in [5.41, 5.74) is 0. The minimum Gasteiger partial charge on any atom is -0.549 e. The first-order valence-corrected chi connectivity index (χ1v) is 8.42. The molecule has 0 aliphatic rings. The van der Waals surface area contributed by atoms with Gasteiger partial charge in [0.2, 0.25) is 0 Å². The standard InChI is InChI=1S/C18H33NO2.Li/c1-3-5-7-9-11-13-15-19(17-18(20)21)16-14-12-10-8-6-4-2;/h9-12H,3-8,13-17H2,1-2H3,(H,20,21);/q;+1/p-1/b11-9+,12-10+;. The van der Waals surface area contributed by atoms with Crippen molar-refractivity contribution >= 4 is 5.97 Å². The fraction of sp³-hybridized carbons (Fsp3) is 0.722. The second-order valence-electron chi connectivity index (χ2n) is 5.45. The van der Waals surface area contributed by atoms with Crippen molar-refractivity contribution in [3.8, 4) is 0 Å². The Bertz CT molecular complexity index is 281. The third kappa shape index (κ3) is 17.6. The average molecular weight is 301 g/mol. The van der Waals surface area contributed by atoms with Gasteiger partial charge in [0.1, 0.15) is 0 Å². The molecule has 0 aliphatic heterocycles. The van der Waals surface area contributed by atoms with E-state index in [1.54, 1.807) is 0 Å². The van der Waals surface area contributed by atoms with E-state index in [4.69, 9.17) is 0 Å². The number of hydrogen-bond acceptors (Lipinski definition) is 3. The number of carboxylic acids is 1. The van der Waals surface area contributed by atoms with Crippen molar-refractivity contribution < 1.29 is 28.8 Å². The Kier molecular flexibility index (Phi) is 20.0. The van der Waals surface area contributed by atoms with Crippen LogP contribution < -0.4 is 24.0 Å². The second-order valence-corrected chi connectivity index (χ2v) is 5.45. The summed E-state index contributed by atoms with van der Waals surface area (Å²) < 4.78 is 0. The molecule has 0 saturated heterocycles. The van der Waals surface area contributed by atoms with Crippen molar-refractivity contribution in [2.75, 3.05) is 19.6 Å². The Morgan fingerprint density at radius 2 is 1.27 bits per heavy atom. The number of allylic oxidation sites excluding steroid dienone is 2. The number of rotatable bonds is 14. The zero-order valence-corrected chi connectivity index (χ0v) is 14.9. The van der Waals surface area contributed by atoms with E-state index in [2.05, 4.69) is 38.2 Å². The van der Waals surface area contributed by atoms with Crippen molar-refractivity contribution in [3.05, 3.63) is 24.3 Å². The number of carboxylic acid groups (broad SMARTS) is 1. The van der Waals surface area contributed by atoms with Gasteiger partial charge in [0.15, 0.2) is 0 Å². The van der Waals surface area contributed by atoms with Crippen LogP contribution in [-0.2, 0) is 4.79 Å². The van der Waals surface area contributed by atoms with Gasteiger partial charge in [0.25, 0.3) is 0 Å². The first kappa shape index (κ1) is 23.8. The Morgan fingerprint density at radius 3 is 1.64 bits per heavy atom. The van der Waals surface area contributed by atoms with Crippen molar-refractivity contribution in [1.82, 2.24) is 4.90 Å². The van der Waals surface area contributed by atoms with Gasteiger partial charge in [0.05, 0.1) is 5.97 Å². The number of hydrogen-bond donors (Lipinski definition) is 0. The van der Waals surface area contributed by atoms with E-state index in [-0.39, 0.29) is 25.4 Å². The van der Waals surface area contributed by atoms with Crippen LogP contribution in [0, 0.1) is 0 Å². The fourth-order valence-corrected chi connectivity index (χ4v) is 2.08. The molecular formula is C18H32LiNO2. The van der Waals surface area contributed by atoms with Crippen molar-refractivity contribution in [2.24, 2.45) is 0 Å². The van der Waals surface area contributed by atoms with Crippen molar-refractivity contribution in [1.29, 1.82) is 0 Å². The SMILES string of the molecule is CCCC/C=C/CCN(CC/C=C/CCCC)CC(=O)[O-].[Li+]. The van der Waals surface area contributed by atoms with Crippen LogP contribution in [0.4, 0.5) is 0 Å². The molecule has 0 amide bonds. The molecule has 0 rings (SSSR count). The first-order chi connectivity index (χ1) is 10.2. The molecule has 22 heavy (non-hydrogen) atoms. The number of aliphatic carboxylic acids is 1. The molecule has 122 valence electrons. The fourth-order valence-electron chi connectivity index (χ4n) is 2.08. The molecule has 0 aromatic rings. The molecule has 0 unspecified atom stereocenters. The van der Waals surface area contributed by atoms with Gasteiger partial charge in [-0.05, 0) is 25.7 Å². The van der Waals surface area contributed by atoms with Crippen molar-refractivity contribution in [2.45, 2.75) is 65.2 Å². The number of nitrogens with zero attached hydrogens (tertiary/aromatic N) is 1. The molecule has 0 aromatic heterocycles. The van der Waals surface area contributed by atoms with Crippen LogP contribution in [0.3, 0.4) is 0 Å². The smallest absolute Gasteiger partial charge is 0.549 e. The zero-order valence-electron chi connectivity index (χ0n) is 14.9. The maximum absolute atomic E-state index is 10.8. The molecule has 0 fully saturated rings. The third-order valence-corrected chi connectivity index (χ3v) is 3.36. The predicted molar refractivity (Wildman–Crippen MR) is 88.0 cm³/mol. The van der Waals surface area contributed by atoms with Gasteiger partial charge < -0.3 is 9.90 Å². The van der Waals surface area contributed by atoms with Crippen LogP contribution in [0.2, 0.25) is 0 Å². The summed E-state index contributed by atoms with van der Waals surface area (Å²) in [5.74, 6) is -0.986. The van der Waals surface area contributed by atoms with E-state index >= 15 is 0 Å². The van der Waals surface area contributed by atoms with Crippen LogP contribution in [0.1, 0.15) is 65.2 Å². The molecule has 0 atom stereocenters. The molecule has 0 heterocycles. The molecule has 0 aromatic carbocycles. The van der Waals surface area contributed by atoms with Gasteiger partial charge in [0, 0.05) is 19.6 Å². The monoisotopic (exact) mass is 301 g/mol. The van der Waals surface area contributed by atoms with Crippen LogP contribution >= 0.6 is 0 Å². The van der Waals surface area contributed by atoms with Crippen LogP contribution in [0.15, 0.2) is 24.3 Å². The summed E-state index contributed by atoms with van der Waals surface area (Å²) in [6, 6.07) is 0. The third-order valence-electron chi connectivity index (χ3n) is 3.36. The molecule has 0 N–H and O–H groups in total. The topological polar surface area (TPSA) is 43.4 Å². The maximum atomic E-state index is 10.8. The largest absolute Gasteiger partial charge is 1.00 e. The summed E-state index contributed by atoms with van der Waals surface area (Å²) in [4.78, 5) is 12.7. The van der Waals surface area contributed by atoms with Crippen LogP contribution in [0.25, 0.3) is 0 Å². The zero-order chi connectivity index (χ0) is 15.8. The Balaban J connectivity index is 0. The van der Waals surface area contributed by atoms with E-state index in [1.165, 1.54) is 25.7 Å². The predicted octanol–water partition coefficient (Wildman–Crippen LogP) is 0.315. The van der Waals surface area contributed by atoms with E-state index in [0.29, 0.717) is 0 Å². The molecule has 0 spiro atoms. The Morgan fingerprint density at radius 1 is 0.864 bits per heavy atom. The van der Waals surface area contributed by atoms with E-state index in [1.807, 2.05) is 4.90 Å². The quantitative estimate of drug-likeness (QED) is 0.264. The minimum atomic E-state index is -0.986. The van der Waals surface area contributed by atoms with Crippen LogP contribution in [0.5, 0.6) is 0 Å².